The maximum Gasteiger partial charge on any atom is 0.228 e. The van der Waals surface area contributed by atoms with Crippen LogP contribution in [0.3, 0.4) is 0 Å². The predicted octanol–water partition coefficient (Wildman–Crippen LogP) is 2.74. The average Bonchev–Trinajstić information content (AvgIpc) is 2.70. The van der Waals surface area contributed by atoms with E-state index in [0.717, 1.165) is 33.6 Å². The predicted molar refractivity (Wildman–Crippen MR) is 73.4 cm³/mol. The van der Waals surface area contributed by atoms with Crippen LogP contribution in [0.25, 0.3) is 11.1 Å². The van der Waals surface area contributed by atoms with E-state index < -0.39 is 0 Å². The second kappa shape index (κ2) is 3.88. The summed E-state index contributed by atoms with van der Waals surface area (Å²) in [5.41, 5.74) is 11.9. The number of para-hydroxylation sites is 1. The number of carbonyl (C=O) groups is 1. The minimum atomic E-state index is 0.0459. The highest BCUT2D eigenvalue weighted by molar-refractivity contribution is 6.05. The Balaban J connectivity index is 2.26. The molecule has 0 radical (unpaired) electrons. The van der Waals surface area contributed by atoms with Gasteiger partial charge in [0.05, 0.1) is 12.1 Å². The lowest BCUT2D eigenvalue weighted by Crippen LogP contribution is -2.04. The van der Waals surface area contributed by atoms with E-state index >= 15 is 0 Å². The molecule has 0 aliphatic carbocycles. The zero-order valence-corrected chi connectivity index (χ0v) is 10.2. The fourth-order valence-electron chi connectivity index (χ4n) is 2.52. The Hall–Kier alpha value is -2.29. The topological polar surface area (TPSA) is 55.1 Å². The van der Waals surface area contributed by atoms with Crippen LogP contribution in [0.1, 0.15) is 11.1 Å². The third-order valence-corrected chi connectivity index (χ3v) is 3.34. The molecule has 0 saturated heterocycles. The first-order chi connectivity index (χ1) is 8.66. The molecule has 3 heteroatoms. The number of hydrogen-bond donors (Lipinski definition) is 2. The largest absolute Gasteiger partial charge is 0.398 e. The van der Waals surface area contributed by atoms with Gasteiger partial charge in [-0.25, -0.2) is 0 Å². The van der Waals surface area contributed by atoms with Gasteiger partial charge in [-0.15, -0.1) is 0 Å². The Labute approximate surface area is 106 Å². The molecule has 18 heavy (non-hydrogen) atoms. The van der Waals surface area contributed by atoms with Gasteiger partial charge in [0.15, 0.2) is 0 Å². The van der Waals surface area contributed by atoms with Gasteiger partial charge in [-0.3, -0.25) is 4.79 Å². The number of nitrogens with one attached hydrogen (secondary N) is 1. The molecule has 0 unspecified atom stereocenters. The Bertz CT molecular complexity index is 627. The first kappa shape index (κ1) is 10.8. The molecule has 0 saturated carbocycles. The minimum Gasteiger partial charge on any atom is -0.398 e. The molecule has 1 heterocycles. The van der Waals surface area contributed by atoms with Crippen molar-refractivity contribution in [3.63, 3.8) is 0 Å². The van der Waals surface area contributed by atoms with Crippen LogP contribution >= 0.6 is 0 Å². The van der Waals surface area contributed by atoms with E-state index in [9.17, 15) is 4.79 Å². The van der Waals surface area contributed by atoms with Gasteiger partial charge in [0.1, 0.15) is 0 Å². The SMILES string of the molecule is Cc1cccc(N)c1-c1cccc2c1NC(=O)C2. The summed E-state index contributed by atoms with van der Waals surface area (Å²) in [5, 5.41) is 2.92. The number of anilines is 2. The number of aryl methyl sites for hydroxylation is 1. The van der Waals surface area contributed by atoms with Crippen LogP contribution in [0.15, 0.2) is 36.4 Å². The number of hydrogen-bond acceptors (Lipinski definition) is 2. The first-order valence-electron chi connectivity index (χ1n) is 5.94. The quantitative estimate of drug-likeness (QED) is 0.750. The van der Waals surface area contributed by atoms with Gasteiger partial charge in [-0.1, -0.05) is 30.3 Å². The van der Waals surface area contributed by atoms with Gasteiger partial charge in [0, 0.05) is 16.8 Å². The molecule has 2 aromatic rings. The molecule has 2 aromatic carbocycles. The summed E-state index contributed by atoms with van der Waals surface area (Å²) < 4.78 is 0. The average molecular weight is 238 g/mol. The van der Waals surface area contributed by atoms with E-state index in [0.29, 0.717) is 6.42 Å². The van der Waals surface area contributed by atoms with E-state index in [1.54, 1.807) is 0 Å². The highest BCUT2D eigenvalue weighted by Gasteiger charge is 2.22. The van der Waals surface area contributed by atoms with Crippen molar-refractivity contribution >= 4 is 17.3 Å². The van der Waals surface area contributed by atoms with Gasteiger partial charge in [-0.2, -0.15) is 0 Å². The Morgan fingerprint density at radius 2 is 1.94 bits per heavy atom. The van der Waals surface area contributed by atoms with Crippen molar-refractivity contribution < 1.29 is 4.79 Å². The van der Waals surface area contributed by atoms with Crippen molar-refractivity contribution in [3.8, 4) is 11.1 Å². The zero-order chi connectivity index (χ0) is 12.7. The number of nitrogens with two attached hydrogens (primary N) is 1. The fourth-order valence-corrected chi connectivity index (χ4v) is 2.52. The van der Waals surface area contributed by atoms with E-state index in [-0.39, 0.29) is 5.91 Å². The van der Waals surface area contributed by atoms with Crippen LogP contribution in [-0.2, 0) is 11.2 Å². The Morgan fingerprint density at radius 3 is 2.72 bits per heavy atom. The molecule has 0 bridgehead atoms. The summed E-state index contributed by atoms with van der Waals surface area (Å²) in [5.74, 6) is 0.0459. The summed E-state index contributed by atoms with van der Waals surface area (Å²) in [6, 6.07) is 11.8. The van der Waals surface area contributed by atoms with Crippen molar-refractivity contribution in [3.05, 3.63) is 47.5 Å². The summed E-state index contributed by atoms with van der Waals surface area (Å²) >= 11 is 0. The summed E-state index contributed by atoms with van der Waals surface area (Å²) in [4.78, 5) is 11.5. The second-order valence-corrected chi connectivity index (χ2v) is 4.60. The Morgan fingerprint density at radius 1 is 1.17 bits per heavy atom. The maximum atomic E-state index is 11.5. The van der Waals surface area contributed by atoms with Gasteiger partial charge in [0.25, 0.3) is 0 Å². The third kappa shape index (κ3) is 1.56. The molecule has 0 atom stereocenters. The lowest BCUT2D eigenvalue weighted by molar-refractivity contribution is -0.115. The van der Waals surface area contributed by atoms with E-state index in [1.165, 1.54) is 0 Å². The highest BCUT2D eigenvalue weighted by atomic mass is 16.1. The van der Waals surface area contributed by atoms with E-state index in [1.807, 2.05) is 43.3 Å². The van der Waals surface area contributed by atoms with Crippen molar-refractivity contribution in [2.24, 2.45) is 0 Å². The minimum absolute atomic E-state index is 0.0459. The molecule has 90 valence electrons. The van der Waals surface area contributed by atoms with Crippen molar-refractivity contribution in [1.82, 2.24) is 0 Å². The van der Waals surface area contributed by atoms with E-state index in [4.69, 9.17) is 5.73 Å². The molecule has 0 fully saturated rings. The lowest BCUT2D eigenvalue weighted by Gasteiger charge is -2.13. The first-order valence-corrected chi connectivity index (χ1v) is 5.94. The van der Waals surface area contributed by atoms with Crippen molar-refractivity contribution in [2.75, 3.05) is 11.1 Å². The van der Waals surface area contributed by atoms with Crippen molar-refractivity contribution in [2.45, 2.75) is 13.3 Å². The van der Waals surface area contributed by atoms with Crippen LogP contribution in [0.2, 0.25) is 0 Å². The molecule has 0 aromatic heterocycles. The molecular weight excluding hydrogens is 224 g/mol. The molecular formula is C15H14N2O. The summed E-state index contributed by atoms with van der Waals surface area (Å²) in [6.45, 7) is 2.03. The van der Waals surface area contributed by atoms with Crippen LogP contribution < -0.4 is 11.1 Å². The molecule has 1 amide bonds. The molecule has 0 spiro atoms. The number of fused-ring (bicyclic) bond motifs is 1. The number of rotatable bonds is 1. The molecule has 3 rings (SSSR count). The number of amides is 1. The monoisotopic (exact) mass is 238 g/mol. The fraction of sp³-hybridized carbons (Fsp3) is 0.133. The zero-order valence-electron chi connectivity index (χ0n) is 10.2. The number of carbonyl (C=O) groups excluding carboxylic acids is 1. The number of benzene rings is 2. The molecule has 3 nitrogen and oxygen atoms in total. The molecule has 1 aliphatic rings. The van der Waals surface area contributed by atoms with Crippen LogP contribution in [0.4, 0.5) is 11.4 Å². The molecule has 3 N–H and O–H groups in total. The standard InChI is InChI=1S/C15H14N2O/c1-9-4-2-7-12(16)14(9)11-6-3-5-10-8-13(18)17-15(10)11/h2-7H,8,16H2,1H3,(H,17,18). The highest BCUT2D eigenvalue weighted by Crippen LogP contribution is 2.38. The van der Waals surface area contributed by atoms with Crippen LogP contribution in [-0.4, -0.2) is 5.91 Å². The van der Waals surface area contributed by atoms with Crippen molar-refractivity contribution in [1.29, 1.82) is 0 Å². The van der Waals surface area contributed by atoms with Gasteiger partial charge in [0.2, 0.25) is 5.91 Å². The Kier molecular flexibility index (Phi) is 2.33. The second-order valence-electron chi connectivity index (χ2n) is 4.60. The van der Waals surface area contributed by atoms with Crippen LogP contribution in [0, 0.1) is 6.92 Å². The van der Waals surface area contributed by atoms with Crippen LogP contribution in [0.5, 0.6) is 0 Å². The normalized spacial score (nSPS) is 13.3. The van der Waals surface area contributed by atoms with Gasteiger partial charge < -0.3 is 11.1 Å². The molecule has 1 aliphatic heterocycles. The summed E-state index contributed by atoms with van der Waals surface area (Å²) in [7, 11) is 0. The lowest BCUT2D eigenvalue weighted by atomic mass is 9.95. The number of nitrogen functional groups attached to an aromatic ring is 1. The third-order valence-electron chi connectivity index (χ3n) is 3.34. The van der Waals surface area contributed by atoms with E-state index in [2.05, 4.69) is 5.32 Å². The smallest absolute Gasteiger partial charge is 0.228 e. The summed E-state index contributed by atoms with van der Waals surface area (Å²) in [6.07, 6.45) is 0.453. The maximum absolute atomic E-state index is 11.5. The van der Waals surface area contributed by atoms with Gasteiger partial charge >= 0.3 is 0 Å². The van der Waals surface area contributed by atoms with Gasteiger partial charge in [-0.05, 0) is 24.1 Å².